The summed E-state index contributed by atoms with van der Waals surface area (Å²) in [4.78, 5) is 26.4. The number of halogens is 2. The zero-order valence-electron chi connectivity index (χ0n) is 10.8. The average Bonchev–Trinajstić information content (AvgIpc) is 2.41. The van der Waals surface area contributed by atoms with E-state index in [4.69, 9.17) is 11.6 Å². The molecule has 0 aliphatic rings. The Balaban J connectivity index is 2.33. The number of benzene rings is 1. The van der Waals surface area contributed by atoms with Crippen molar-refractivity contribution in [2.24, 2.45) is 0 Å². The van der Waals surface area contributed by atoms with Gasteiger partial charge in [-0.25, -0.2) is 4.98 Å². The molecule has 0 saturated carbocycles. The third-order valence-corrected chi connectivity index (χ3v) is 3.53. The fraction of sp³-hybridized carbons (Fsp3) is 0.0769. The number of carbonyl (C=O) groups is 1. The lowest BCUT2D eigenvalue weighted by molar-refractivity contribution is -0.384. The van der Waals surface area contributed by atoms with Gasteiger partial charge in [0.05, 0.1) is 10.5 Å². The highest BCUT2D eigenvalue weighted by atomic mass is 79.9. The number of nitro benzene ring substituents is 1. The average molecular weight is 371 g/mol. The van der Waals surface area contributed by atoms with E-state index in [1.54, 1.807) is 13.0 Å². The number of amides is 1. The van der Waals surface area contributed by atoms with Gasteiger partial charge in [-0.05, 0) is 40.5 Å². The van der Waals surface area contributed by atoms with Crippen LogP contribution >= 0.6 is 27.5 Å². The van der Waals surface area contributed by atoms with E-state index in [0.29, 0.717) is 5.82 Å². The minimum absolute atomic E-state index is 0.0231. The lowest BCUT2D eigenvalue weighted by atomic mass is 10.2. The standard InChI is InChI=1S/C13H9BrClN3O3/c1-7-5-8(14)6-16-12(7)17-13(19)9-3-2-4-10(11(9)15)18(20)21/h2-6H,1H3,(H,16,17,19). The van der Waals surface area contributed by atoms with Gasteiger partial charge >= 0.3 is 0 Å². The minimum Gasteiger partial charge on any atom is -0.306 e. The van der Waals surface area contributed by atoms with Crippen LogP contribution in [0.3, 0.4) is 0 Å². The van der Waals surface area contributed by atoms with E-state index in [9.17, 15) is 14.9 Å². The molecule has 2 aromatic rings. The van der Waals surface area contributed by atoms with Crippen molar-refractivity contribution in [3.8, 4) is 0 Å². The van der Waals surface area contributed by atoms with E-state index in [1.807, 2.05) is 0 Å². The van der Waals surface area contributed by atoms with Gasteiger partial charge in [0.1, 0.15) is 10.8 Å². The number of rotatable bonds is 3. The Morgan fingerprint density at radius 1 is 1.48 bits per heavy atom. The van der Waals surface area contributed by atoms with E-state index in [0.717, 1.165) is 10.0 Å². The molecule has 1 heterocycles. The zero-order chi connectivity index (χ0) is 15.6. The summed E-state index contributed by atoms with van der Waals surface area (Å²) in [5, 5.41) is 13.2. The van der Waals surface area contributed by atoms with Gasteiger partial charge in [-0.15, -0.1) is 0 Å². The first-order valence-corrected chi connectivity index (χ1v) is 6.93. The summed E-state index contributed by atoms with van der Waals surface area (Å²) >= 11 is 9.17. The molecule has 0 fully saturated rings. The van der Waals surface area contributed by atoms with Crippen LogP contribution in [0.15, 0.2) is 34.9 Å². The second-order valence-corrected chi connectivity index (χ2v) is 5.46. The Labute approximate surface area is 133 Å². The smallest absolute Gasteiger partial charge is 0.288 e. The van der Waals surface area contributed by atoms with E-state index in [-0.39, 0.29) is 16.3 Å². The van der Waals surface area contributed by atoms with Crippen molar-refractivity contribution in [3.63, 3.8) is 0 Å². The van der Waals surface area contributed by atoms with Crippen molar-refractivity contribution >= 4 is 44.9 Å². The van der Waals surface area contributed by atoms with Crippen molar-refractivity contribution in [1.82, 2.24) is 4.98 Å². The number of hydrogen-bond acceptors (Lipinski definition) is 4. The number of hydrogen-bond donors (Lipinski definition) is 1. The Morgan fingerprint density at radius 3 is 2.81 bits per heavy atom. The normalized spacial score (nSPS) is 10.2. The fourth-order valence-electron chi connectivity index (χ4n) is 1.68. The van der Waals surface area contributed by atoms with Crippen LogP contribution in [-0.2, 0) is 0 Å². The highest BCUT2D eigenvalue weighted by molar-refractivity contribution is 9.10. The van der Waals surface area contributed by atoms with Crippen LogP contribution in [0.4, 0.5) is 11.5 Å². The third-order valence-electron chi connectivity index (χ3n) is 2.70. The molecular weight excluding hydrogens is 362 g/mol. The number of aryl methyl sites for hydroxylation is 1. The van der Waals surface area contributed by atoms with Gasteiger partial charge in [-0.1, -0.05) is 17.7 Å². The second kappa shape index (κ2) is 6.19. The Hall–Kier alpha value is -1.99. The maximum Gasteiger partial charge on any atom is 0.288 e. The monoisotopic (exact) mass is 369 g/mol. The summed E-state index contributed by atoms with van der Waals surface area (Å²) in [6.07, 6.45) is 1.54. The van der Waals surface area contributed by atoms with Gasteiger partial charge in [0.25, 0.3) is 11.6 Å². The molecule has 0 aliphatic heterocycles. The molecule has 0 saturated heterocycles. The SMILES string of the molecule is Cc1cc(Br)cnc1NC(=O)c1cccc([N+](=O)[O-])c1Cl. The lowest BCUT2D eigenvalue weighted by Crippen LogP contribution is -2.14. The number of nitrogens with one attached hydrogen (secondary N) is 1. The van der Waals surface area contributed by atoms with Gasteiger partial charge in [0.15, 0.2) is 0 Å². The van der Waals surface area contributed by atoms with Crippen LogP contribution in [-0.4, -0.2) is 15.8 Å². The number of aromatic nitrogens is 1. The number of nitro groups is 1. The quantitative estimate of drug-likeness (QED) is 0.654. The first kappa shape index (κ1) is 15.4. The summed E-state index contributed by atoms with van der Waals surface area (Å²) in [5.41, 5.74) is 0.457. The van der Waals surface area contributed by atoms with Gasteiger partial charge in [-0.3, -0.25) is 14.9 Å². The highest BCUT2D eigenvalue weighted by Gasteiger charge is 2.20. The van der Waals surface area contributed by atoms with Gasteiger partial charge in [-0.2, -0.15) is 0 Å². The largest absolute Gasteiger partial charge is 0.306 e. The number of anilines is 1. The second-order valence-electron chi connectivity index (χ2n) is 4.17. The first-order valence-electron chi connectivity index (χ1n) is 5.76. The molecule has 108 valence electrons. The molecule has 0 radical (unpaired) electrons. The molecule has 1 N–H and O–H groups in total. The Bertz CT molecular complexity index is 737. The summed E-state index contributed by atoms with van der Waals surface area (Å²) in [6.45, 7) is 1.78. The van der Waals surface area contributed by atoms with Crippen LogP contribution in [0.5, 0.6) is 0 Å². The van der Waals surface area contributed by atoms with Crippen molar-refractivity contribution in [1.29, 1.82) is 0 Å². The van der Waals surface area contributed by atoms with Crippen molar-refractivity contribution in [2.75, 3.05) is 5.32 Å². The predicted octanol–water partition coefficient (Wildman–Crippen LogP) is 3.97. The molecule has 6 nitrogen and oxygen atoms in total. The van der Waals surface area contributed by atoms with E-state index >= 15 is 0 Å². The minimum atomic E-state index is -0.637. The Morgan fingerprint density at radius 2 is 2.19 bits per heavy atom. The number of carbonyl (C=O) groups excluding carboxylic acids is 1. The van der Waals surface area contributed by atoms with Crippen LogP contribution < -0.4 is 5.32 Å². The van der Waals surface area contributed by atoms with Crippen molar-refractivity contribution < 1.29 is 9.72 Å². The first-order chi connectivity index (χ1) is 9.90. The topological polar surface area (TPSA) is 85.1 Å². The van der Waals surface area contributed by atoms with Gasteiger partial charge in [0, 0.05) is 16.7 Å². The van der Waals surface area contributed by atoms with E-state index in [2.05, 4.69) is 26.2 Å². The Kier molecular flexibility index (Phi) is 4.54. The van der Waals surface area contributed by atoms with Gasteiger partial charge < -0.3 is 5.32 Å². The van der Waals surface area contributed by atoms with E-state index < -0.39 is 10.8 Å². The molecule has 2 rings (SSSR count). The summed E-state index contributed by atoms with van der Waals surface area (Å²) in [6, 6.07) is 5.85. The zero-order valence-corrected chi connectivity index (χ0v) is 13.1. The van der Waals surface area contributed by atoms with Crippen LogP contribution in [0.1, 0.15) is 15.9 Å². The van der Waals surface area contributed by atoms with Gasteiger partial charge in [0.2, 0.25) is 0 Å². The van der Waals surface area contributed by atoms with Crippen LogP contribution in [0.25, 0.3) is 0 Å². The molecule has 8 heteroatoms. The summed E-state index contributed by atoms with van der Waals surface area (Å²) in [5.74, 6) is -0.188. The molecule has 1 amide bonds. The lowest BCUT2D eigenvalue weighted by Gasteiger charge is -2.08. The summed E-state index contributed by atoms with van der Waals surface area (Å²) < 4.78 is 0.784. The molecule has 0 aliphatic carbocycles. The maximum absolute atomic E-state index is 12.2. The molecule has 0 spiro atoms. The van der Waals surface area contributed by atoms with Crippen molar-refractivity contribution in [2.45, 2.75) is 6.92 Å². The fourth-order valence-corrected chi connectivity index (χ4v) is 2.41. The van der Waals surface area contributed by atoms with Crippen LogP contribution in [0, 0.1) is 17.0 Å². The molecule has 0 unspecified atom stereocenters. The molecule has 0 atom stereocenters. The molecular formula is C13H9BrClN3O3. The molecule has 1 aromatic heterocycles. The van der Waals surface area contributed by atoms with Crippen molar-refractivity contribution in [3.05, 3.63) is 61.2 Å². The highest BCUT2D eigenvalue weighted by Crippen LogP contribution is 2.28. The summed E-state index contributed by atoms with van der Waals surface area (Å²) in [7, 11) is 0. The number of nitrogens with zero attached hydrogens (tertiary/aromatic N) is 2. The molecule has 0 bridgehead atoms. The molecule has 1 aromatic carbocycles. The predicted molar refractivity (Wildman–Crippen MR) is 82.7 cm³/mol. The number of pyridine rings is 1. The maximum atomic E-state index is 12.2. The molecule has 21 heavy (non-hydrogen) atoms. The van der Waals surface area contributed by atoms with E-state index in [1.165, 1.54) is 24.4 Å². The van der Waals surface area contributed by atoms with Crippen LogP contribution in [0.2, 0.25) is 5.02 Å². The third kappa shape index (κ3) is 3.37.